The van der Waals surface area contributed by atoms with Gasteiger partial charge in [-0.2, -0.15) is 0 Å². The van der Waals surface area contributed by atoms with E-state index in [9.17, 15) is 5.11 Å². The summed E-state index contributed by atoms with van der Waals surface area (Å²) in [4.78, 5) is 2.21. The van der Waals surface area contributed by atoms with Crippen LogP contribution in [0.15, 0.2) is 24.3 Å². The highest BCUT2D eigenvalue weighted by atomic mass is 16.5. The third-order valence-electron chi connectivity index (χ3n) is 3.71. The molecule has 0 amide bonds. The maximum Gasteiger partial charge on any atom is 0.123 e. The van der Waals surface area contributed by atoms with E-state index in [-0.39, 0.29) is 18.2 Å². The smallest absolute Gasteiger partial charge is 0.123 e. The molecule has 0 bridgehead atoms. The molecule has 3 N–H and O–H groups in total. The quantitative estimate of drug-likeness (QED) is 0.766. The number of methoxy groups -OCH3 is 1. The lowest BCUT2D eigenvalue weighted by molar-refractivity contribution is 0.139. The van der Waals surface area contributed by atoms with Gasteiger partial charge in [-0.3, -0.25) is 4.90 Å². The number of para-hydroxylation sites is 1. The van der Waals surface area contributed by atoms with E-state index >= 15 is 0 Å². The first-order valence-corrected chi connectivity index (χ1v) is 7.28. The van der Waals surface area contributed by atoms with Crippen molar-refractivity contribution in [3.05, 3.63) is 29.8 Å². The van der Waals surface area contributed by atoms with E-state index in [4.69, 9.17) is 10.5 Å². The normalized spacial score (nSPS) is 15.9. The second-order valence-corrected chi connectivity index (χ2v) is 5.38. The minimum Gasteiger partial charge on any atom is -0.496 e. The molecule has 1 aromatic rings. The molecule has 0 aromatic heterocycles. The van der Waals surface area contributed by atoms with Crippen LogP contribution in [0.3, 0.4) is 0 Å². The van der Waals surface area contributed by atoms with Crippen LogP contribution in [0.2, 0.25) is 0 Å². The van der Waals surface area contributed by atoms with E-state index in [1.807, 2.05) is 25.1 Å². The van der Waals surface area contributed by atoms with E-state index in [2.05, 4.69) is 24.9 Å². The van der Waals surface area contributed by atoms with Crippen LogP contribution in [0.5, 0.6) is 5.75 Å². The predicted octanol–water partition coefficient (Wildman–Crippen LogP) is 2.18. The number of nitrogens with zero attached hydrogens (tertiary/aromatic N) is 1. The summed E-state index contributed by atoms with van der Waals surface area (Å²) in [7, 11) is 3.73. The highest BCUT2D eigenvalue weighted by Crippen LogP contribution is 2.31. The number of nitrogens with two attached hydrogens (primary N) is 1. The molecule has 0 radical (unpaired) electrons. The van der Waals surface area contributed by atoms with Gasteiger partial charge in [0.15, 0.2) is 0 Å². The molecular weight excluding hydrogens is 252 g/mol. The number of hydrogen-bond donors (Lipinski definition) is 2. The fourth-order valence-electron chi connectivity index (χ4n) is 2.46. The second kappa shape index (κ2) is 8.25. The lowest BCUT2D eigenvalue weighted by atomic mass is 9.95. The number of aliphatic hydroxyl groups excluding tert-OH is 1. The number of likely N-dealkylation sites (N-methyl/N-ethyl adjacent to an activating group) is 1. The van der Waals surface area contributed by atoms with Crippen molar-refractivity contribution in [2.45, 2.75) is 44.9 Å². The minimum atomic E-state index is -0.298. The zero-order valence-corrected chi connectivity index (χ0v) is 13.0. The third-order valence-corrected chi connectivity index (χ3v) is 3.71. The second-order valence-electron chi connectivity index (χ2n) is 5.38. The van der Waals surface area contributed by atoms with Crippen LogP contribution in [-0.2, 0) is 0 Å². The Bertz CT molecular complexity index is 396. The predicted molar refractivity (Wildman–Crippen MR) is 82.9 cm³/mol. The number of aliphatic hydroxyl groups is 1. The molecule has 0 aliphatic heterocycles. The van der Waals surface area contributed by atoms with Crippen molar-refractivity contribution in [2.75, 3.05) is 20.7 Å². The van der Waals surface area contributed by atoms with Gasteiger partial charge < -0.3 is 15.6 Å². The van der Waals surface area contributed by atoms with Gasteiger partial charge in [-0.05, 0) is 32.9 Å². The van der Waals surface area contributed by atoms with E-state index in [0.717, 1.165) is 30.7 Å². The van der Waals surface area contributed by atoms with Crippen molar-refractivity contribution in [1.82, 2.24) is 4.90 Å². The summed E-state index contributed by atoms with van der Waals surface area (Å²) in [6.07, 6.45) is 1.33. The first kappa shape index (κ1) is 17.0. The van der Waals surface area contributed by atoms with Crippen molar-refractivity contribution in [1.29, 1.82) is 0 Å². The maximum atomic E-state index is 9.47. The number of hydrogen-bond acceptors (Lipinski definition) is 4. The average Bonchev–Trinajstić information content (AvgIpc) is 2.45. The molecule has 1 rings (SSSR count). The molecule has 20 heavy (non-hydrogen) atoms. The van der Waals surface area contributed by atoms with Crippen LogP contribution in [0.25, 0.3) is 0 Å². The molecular formula is C16H28N2O2. The Balaban J connectivity index is 2.99. The zero-order chi connectivity index (χ0) is 15.1. The standard InChI is InChI=1S/C16H28N2O2/c1-5-14(17)16(18(3)11-10-12(2)19)13-8-6-7-9-15(13)20-4/h6-9,12,14,16,19H,5,10-11,17H2,1-4H3. The number of ether oxygens (including phenoxy) is 1. The van der Waals surface area contributed by atoms with E-state index in [1.54, 1.807) is 7.11 Å². The summed E-state index contributed by atoms with van der Waals surface area (Å²) in [6.45, 7) is 4.70. The molecule has 0 heterocycles. The van der Waals surface area contributed by atoms with Crippen LogP contribution < -0.4 is 10.5 Å². The average molecular weight is 280 g/mol. The first-order chi connectivity index (χ1) is 9.51. The van der Waals surface area contributed by atoms with Gasteiger partial charge in [-0.25, -0.2) is 0 Å². The van der Waals surface area contributed by atoms with E-state index < -0.39 is 0 Å². The molecule has 4 nitrogen and oxygen atoms in total. The first-order valence-electron chi connectivity index (χ1n) is 7.28. The monoisotopic (exact) mass is 280 g/mol. The van der Waals surface area contributed by atoms with Gasteiger partial charge in [0.25, 0.3) is 0 Å². The van der Waals surface area contributed by atoms with Crippen LogP contribution in [-0.4, -0.2) is 42.9 Å². The lowest BCUT2D eigenvalue weighted by Crippen LogP contribution is -2.40. The van der Waals surface area contributed by atoms with Crippen molar-refractivity contribution in [2.24, 2.45) is 5.73 Å². The fraction of sp³-hybridized carbons (Fsp3) is 0.625. The van der Waals surface area contributed by atoms with Crippen molar-refractivity contribution < 1.29 is 9.84 Å². The maximum absolute atomic E-state index is 9.47. The van der Waals surface area contributed by atoms with Gasteiger partial charge in [0.05, 0.1) is 19.3 Å². The highest BCUT2D eigenvalue weighted by Gasteiger charge is 2.25. The molecule has 114 valence electrons. The molecule has 1 aromatic carbocycles. The summed E-state index contributed by atoms with van der Waals surface area (Å²) in [5.74, 6) is 0.866. The molecule has 0 aliphatic rings. The minimum absolute atomic E-state index is 0.0327. The largest absolute Gasteiger partial charge is 0.496 e. The van der Waals surface area contributed by atoms with Crippen molar-refractivity contribution >= 4 is 0 Å². The van der Waals surface area contributed by atoms with E-state index in [0.29, 0.717) is 0 Å². The number of rotatable bonds is 8. The Labute approximate surface area is 122 Å². The van der Waals surface area contributed by atoms with Crippen LogP contribution in [0.4, 0.5) is 0 Å². The summed E-state index contributed by atoms with van der Waals surface area (Å²) in [5, 5.41) is 9.47. The highest BCUT2D eigenvalue weighted by molar-refractivity contribution is 5.36. The molecule has 0 spiro atoms. The Morgan fingerprint density at radius 2 is 2.00 bits per heavy atom. The Morgan fingerprint density at radius 3 is 2.55 bits per heavy atom. The molecule has 4 heteroatoms. The molecule has 0 aliphatic carbocycles. The summed E-state index contributed by atoms with van der Waals surface area (Å²) >= 11 is 0. The number of benzene rings is 1. The van der Waals surface area contributed by atoms with Crippen LogP contribution in [0.1, 0.15) is 38.3 Å². The Morgan fingerprint density at radius 1 is 1.35 bits per heavy atom. The summed E-state index contributed by atoms with van der Waals surface area (Å²) < 4.78 is 5.47. The van der Waals surface area contributed by atoms with Gasteiger partial charge in [-0.1, -0.05) is 25.1 Å². The third kappa shape index (κ3) is 4.47. The molecule has 0 saturated carbocycles. The molecule has 0 saturated heterocycles. The molecule has 0 fully saturated rings. The van der Waals surface area contributed by atoms with Gasteiger partial charge in [0.2, 0.25) is 0 Å². The van der Waals surface area contributed by atoms with E-state index in [1.165, 1.54) is 0 Å². The summed E-state index contributed by atoms with van der Waals surface area (Å²) in [5.41, 5.74) is 7.43. The van der Waals surface area contributed by atoms with Crippen LogP contribution in [0, 0.1) is 0 Å². The van der Waals surface area contributed by atoms with Gasteiger partial charge in [-0.15, -0.1) is 0 Å². The Kier molecular flexibility index (Phi) is 6.99. The van der Waals surface area contributed by atoms with Crippen molar-refractivity contribution in [3.63, 3.8) is 0 Å². The molecule has 3 atom stereocenters. The molecule has 3 unspecified atom stereocenters. The Hall–Kier alpha value is -1.10. The summed E-state index contributed by atoms with van der Waals surface area (Å²) in [6, 6.07) is 8.13. The SMILES string of the molecule is CCC(N)C(c1ccccc1OC)N(C)CCC(C)O. The van der Waals surface area contributed by atoms with Gasteiger partial charge in [0, 0.05) is 18.2 Å². The van der Waals surface area contributed by atoms with Crippen molar-refractivity contribution in [3.8, 4) is 5.75 Å². The van der Waals surface area contributed by atoms with Gasteiger partial charge in [0.1, 0.15) is 5.75 Å². The van der Waals surface area contributed by atoms with Crippen LogP contribution >= 0.6 is 0 Å². The lowest BCUT2D eigenvalue weighted by Gasteiger charge is -2.34. The van der Waals surface area contributed by atoms with Gasteiger partial charge >= 0.3 is 0 Å². The zero-order valence-electron chi connectivity index (χ0n) is 13.0. The fourth-order valence-corrected chi connectivity index (χ4v) is 2.46. The topological polar surface area (TPSA) is 58.7 Å².